The number of hydrogen-bond donors (Lipinski definition) is 0. The van der Waals surface area contributed by atoms with Crippen LogP contribution in [0.15, 0.2) is 85.7 Å². The molecule has 3 aromatic heterocycles. The molecule has 0 N–H and O–H groups in total. The first-order valence-electron chi connectivity index (χ1n) is 9.57. The van der Waals surface area contributed by atoms with Gasteiger partial charge >= 0.3 is 5.63 Å². The van der Waals surface area contributed by atoms with Crippen LogP contribution < -0.4 is 5.63 Å². The number of rotatable bonds is 4. The maximum absolute atomic E-state index is 12.5. The monoisotopic (exact) mass is 456 g/mol. The Labute approximate surface area is 191 Å². The molecule has 7 heteroatoms. The van der Waals surface area contributed by atoms with Gasteiger partial charge in [-0.15, -0.1) is 11.3 Å². The first-order chi connectivity index (χ1) is 15.6. The van der Waals surface area contributed by atoms with Gasteiger partial charge in [-0.25, -0.2) is 9.78 Å². The Hall–Kier alpha value is -3.92. The molecule has 5 nitrogen and oxygen atoms in total. The molecule has 0 amide bonds. The number of nitrogens with zero attached hydrogens (tertiary/aromatic N) is 2. The van der Waals surface area contributed by atoms with Crippen LogP contribution in [0, 0.1) is 11.3 Å². The predicted octanol–water partition coefficient (Wildman–Crippen LogP) is 6.89. The third-order valence-corrected chi connectivity index (χ3v) is 5.91. The summed E-state index contributed by atoms with van der Waals surface area (Å²) in [6.45, 7) is 0. The third-order valence-electron chi connectivity index (χ3n) is 4.80. The number of allylic oxidation sites excluding steroid dienone is 1. The molecule has 0 saturated heterocycles. The summed E-state index contributed by atoms with van der Waals surface area (Å²) in [6, 6.07) is 22.3. The highest BCUT2D eigenvalue weighted by Gasteiger charge is 2.15. The lowest BCUT2D eigenvalue weighted by Gasteiger charge is -2.00. The molecule has 0 atom stereocenters. The van der Waals surface area contributed by atoms with Crippen molar-refractivity contribution in [2.75, 3.05) is 0 Å². The van der Waals surface area contributed by atoms with E-state index in [1.54, 1.807) is 41.8 Å². The molecule has 0 unspecified atom stereocenters. The number of halogens is 1. The van der Waals surface area contributed by atoms with Crippen LogP contribution in [0.4, 0.5) is 0 Å². The number of thiazole rings is 1. The van der Waals surface area contributed by atoms with E-state index in [0.29, 0.717) is 49.4 Å². The smallest absolute Gasteiger partial charge is 0.345 e. The molecule has 2 aromatic carbocycles. The molecule has 0 aliphatic rings. The summed E-state index contributed by atoms with van der Waals surface area (Å²) in [6.07, 6.45) is 1.64. The van der Waals surface area contributed by atoms with Crippen LogP contribution in [0.2, 0.25) is 5.02 Å². The molecule has 0 bridgehead atoms. The minimum Gasteiger partial charge on any atom is -0.457 e. The first kappa shape index (κ1) is 20.0. The van der Waals surface area contributed by atoms with Gasteiger partial charge in [0.15, 0.2) is 0 Å². The lowest BCUT2D eigenvalue weighted by Crippen LogP contribution is -2.02. The minimum absolute atomic E-state index is 0.309. The second-order valence-electron chi connectivity index (χ2n) is 6.91. The molecule has 0 saturated carbocycles. The molecule has 5 rings (SSSR count). The second kappa shape index (κ2) is 8.31. The Morgan fingerprint density at radius 3 is 2.72 bits per heavy atom. The highest BCUT2D eigenvalue weighted by Crippen LogP contribution is 2.29. The first-order valence-corrected chi connectivity index (χ1v) is 10.8. The minimum atomic E-state index is -0.502. The normalized spacial score (nSPS) is 11.6. The largest absolute Gasteiger partial charge is 0.457 e. The van der Waals surface area contributed by atoms with Crippen molar-refractivity contribution in [1.29, 1.82) is 5.26 Å². The maximum Gasteiger partial charge on any atom is 0.345 e. The Bertz CT molecular complexity index is 1570. The molecule has 0 radical (unpaired) electrons. The van der Waals surface area contributed by atoms with Gasteiger partial charge in [0.1, 0.15) is 28.2 Å². The van der Waals surface area contributed by atoms with E-state index in [0.717, 1.165) is 5.56 Å². The zero-order valence-electron chi connectivity index (χ0n) is 16.4. The van der Waals surface area contributed by atoms with Gasteiger partial charge in [0.2, 0.25) is 0 Å². The van der Waals surface area contributed by atoms with Crippen molar-refractivity contribution in [2.24, 2.45) is 0 Å². The summed E-state index contributed by atoms with van der Waals surface area (Å²) >= 11 is 7.32. The predicted molar refractivity (Wildman–Crippen MR) is 126 cm³/mol. The van der Waals surface area contributed by atoms with Crippen LogP contribution in [0.1, 0.15) is 10.8 Å². The van der Waals surface area contributed by atoms with Gasteiger partial charge < -0.3 is 8.83 Å². The number of nitriles is 1. The van der Waals surface area contributed by atoms with Crippen LogP contribution in [0.25, 0.3) is 45.2 Å². The number of benzene rings is 2. The molecular weight excluding hydrogens is 444 g/mol. The second-order valence-corrected chi connectivity index (χ2v) is 8.20. The molecule has 0 spiro atoms. The van der Waals surface area contributed by atoms with Gasteiger partial charge in [0.05, 0.1) is 16.8 Å². The van der Waals surface area contributed by atoms with Gasteiger partial charge in [0, 0.05) is 27.4 Å². The van der Waals surface area contributed by atoms with Gasteiger partial charge in [-0.3, -0.25) is 0 Å². The number of fused-ring (bicyclic) bond motifs is 1. The molecular formula is C25H13ClN2O3S. The van der Waals surface area contributed by atoms with Crippen LogP contribution in [0.3, 0.4) is 0 Å². The summed E-state index contributed by atoms with van der Waals surface area (Å²) in [5, 5.41) is 13.1. The fraction of sp³-hybridized carbons (Fsp3) is 0. The van der Waals surface area contributed by atoms with Crippen molar-refractivity contribution in [2.45, 2.75) is 0 Å². The molecule has 32 heavy (non-hydrogen) atoms. The average molecular weight is 457 g/mol. The van der Waals surface area contributed by atoms with Crippen LogP contribution in [0.5, 0.6) is 0 Å². The van der Waals surface area contributed by atoms with E-state index in [-0.39, 0.29) is 0 Å². The quantitative estimate of drug-likeness (QED) is 0.217. The summed E-state index contributed by atoms with van der Waals surface area (Å²) in [4.78, 5) is 17.0. The van der Waals surface area contributed by atoms with Crippen LogP contribution in [-0.2, 0) is 0 Å². The molecule has 0 fully saturated rings. The SMILES string of the molecule is N#CC(=Cc1ccc(-c2ccccc2)o1)c1nc(-c2cc3cc(Cl)ccc3oc2=O)cs1. The van der Waals surface area contributed by atoms with Crippen LogP contribution in [-0.4, -0.2) is 4.98 Å². The van der Waals surface area contributed by atoms with E-state index in [1.165, 1.54) is 11.3 Å². The van der Waals surface area contributed by atoms with Crippen molar-refractivity contribution >= 4 is 45.6 Å². The zero-order chi connectivity index (χ0) is 22.1. The van der Waals surface area contributed by atoms with Gasteiger partial charge in [0.25, 0.3) is 0 Å². The van der Waals surface area contributed by atoms with Crippen molar-refractivity contribution in [3.05, 3.63) is 98.3 Å². The molecule has 0 aliphatic carbocycles. The van der Waals surface area contributed by atoms with E-state index in [2.05, 4.69) is 11.1 Å². The maximum atomic E-state index is 12.5. The highest BCUT2D eigenvalue weighted by atomic mass is 35.5. The van der Waals surface area contributed by atoms with Crippen molar-refractivity contribution < 1.29 is 8.83 Å². The van der Waals surface area contributed by atoms with Crippen molar-refractivity contribution in [3.8, 4) is 28.7 Å². The standard InChI is InChI=1S/C25H13ClN2O3S/c26-18-6-8-23-16(10-18)12-20(25(29)31-23)21-14-32-24(28-21)17(13-27)11-19-7-9-22(30-19)15-4-2-1-3-5-15/h1-12,14H. The topological polar surface area (TPSA) is 80.0 Å². The number of hydrogen-bond acceptors (Lipinski definition) is 6. The lowest BCUT2D eigenvalue weighted by molar-refractivity contribution is 0.563. The fourth-order valence-electron chi connectivity index (χ4n) is 3.27. The van der Waals surface area contributed by atoms with Crippen molar-refractivity contribution in [3.63, 3.8) is 0 Å². The Kier molecular flexibility index (Phi) is 5.20. The van der Waals surface area contributed by atoms with Gasteiger partial charge in [-0.1, -0.05) is 41.9 Å². The Balaban J connectivity index is 1.49. The summed E-state index contributed by atoms with van der Waals surface area (Å²) < 4.78 is 11.3. The number of furan rings is 1. The molecule has 154 valence electrons. The van der Waals surface area contributed by atoms with Crippen LogP contribution >= 0.6 is 22.9 Å². The Morgan fingerprint density at radius 1 is 1.06 bits per heavy atom. The van der Waals surface area contributed by atoms with E-state index in [1.807, 2.05) is 36.4 Å². The van der Waals surface area contributed by atoms with Gasteiger partial charge in [-0.05, 0) is 36.4 Å². The van der Waals surface area contributed by atoms with Gasteiger partial charge in [-0.2, -0.15) is 5.26 Å². The highest BCUT2D eigenvalue weighted by molar-refractivity contribution is 7.11. The molecule has 5 aromatic rings. The van der Waals surface area contributed by atoms with E-state index in [4.69, 9.17) is 20.4 Å². The molecule has 0 aliphatic heterocycles. The lowest BCUT2D eigenvalue weighted by atomic mass is 10.1. The van der Waals surface area contributed by atoms with Crippen molar-refractivity contribution in [1.82, 2.24) is 4.98 Å². The summed E-state index contributed by atoms with van der Waals surface area (Å²) in [5.41, 5.74) is 1.98. The number of aromatic nitrogens is 1. The van der Waals surface area contributed by atoms with E-state index >= 15 is 0 Å². The van der Waals surface area contributed by atoms with E-state index in [9.17, 15) is 10.1 Å². The third kappa shape index (κ3) is 3.87. The molecule has 3 heterocycles. The summed E-state index contributed by atoms with van der Waals surface area (Å²) in [5.74, 6) is 1.25. The summed E-state index contributed by atoms with van der Waals surface area (Å²) in [7, 11) is 0. The average Bonchev–Trinajstić information content (AvgIpc) is 3.48. The van der Waals surface area contributed by atoms with E-state index < -0.39 is 5.63 Å². The zero-order valence-corrected chi connectivity index (χ0v) is 18.0. The Morgan fingerprint density at radius 2 is 1.91 bits per heavy atom. The fourth-order valence-corrected chi connectivity index (χ4v) is 4.23.